The van der Waals surface area contributed by atoms with E-state index in [2.05, 4.69) is 10.3 Å². The van der Waals surface area contributed by atoms with E-state index in [1.807, 2.05) is 18.2 Å². The van der Waals surface area contributed by atoms with Gasteiger partial charge in [0, 0.05) is 17.3 Å². The van der Waals surface area contributed by atoms with Crippen LogP contribution < -0.4 is 10.9 Å². The van der Waals surface area contributed by atoms with Gasteiger partial charge in [-0.3, -0.25) is 19.0 Å². The van der Waals surface area contributed by atoms with Crippen molar-refractivity contribution in [1.82, 2.24) is 9.55 Å². The summed E-state index contributed by atoms with van der Waals surface area (Å²) in [5.74, 6) is -0.206. The number of fused-ring (bicyclic) bond motifs is 1. The summed E-state index contributed by atoms with van der Waals surface area (Å²) in [6.45, 7) is 3.30. The lowest BCUT2D eigenvalue weighted by molar-refractivity contribution is -0.115. The molecule has 6 nitrogen and oxygen atoms in total. The van der Waals surface area contributed by atoms with E-state index in [4.69, 9.17) is 0 Å². The number of ketones is 1. The number of anilines is 1. The quantitative estimate of drug-likeness (QED) is 0.379. The minimum atomic E-state index is -0.444. The zero-order chi connectivity index (χ0) is 20.5. The molecule has 1 aliphatic carbocycles. The van der Waals surface area contributed by atoms with Gasteiger partial charge < -0.3 is 5.32 Å². The topological polar surface area (TPSA) is 81.1 Å². The number of hydrogen-bond donors (Lipinski definition) is 1. The van der Waals surface area contributed by atoms with Crippen molar-refractivity contribution < 1.29 is 9.59 Å². The Hall–Kier alpha value is -2.93. The molecule has 29 heavy (non-hydrogen) atoms. The maximum Gasteiger partial charge on any atom is 0.262 e. The highest BCUT2D eigenvalue weighted by molar-refractivity contribution is 8.00. The molecule has 1 amide bonds. The Kier molecular flexibility index (Phi) is 5.24. The Bertz CT molecular complexity index is 1150. The van der Waals surface area contributed by atoms with Crippen LogP contribution in [0, 0.1) is 0 Å². The third kappa shape index (κ3) is 4.10. The summed E-state index contributed by atoms with van der Waals surface area (Å²) in [7, 11) is 0. The number of Topliss-reactive ketones (excluding diaryl/α,β-unsaturated/α-hetero) is 1. The Labute approximate surface area is 172 Å². The minimum absolute atomic E-state index is 0.0211. The summed E-state index contributed by atoms with van der Waals surface area (Å²) in [5.41, 5.74) is 1.81. The van der Waals surface area contributed by atoms with Crippen LogP contribution in [0.25, 0.3) is 10.9 Å². The van der Waals surface area contributed by atoms with Gasteiger partial charge >= 0.3 is 0 Å². The molecule has 1 fully saturated rings. The molecule has 2 aromatic carbocycles. The average Bonchev–Trinajstić information content (AvgIpc) is 3.53. The molecule has 0 spiro atoms. The summed E-state index contributed by atoms with van der Waals surface area (Å²) in [4.78, 5) is 41.7. The van der Waals surface area contributed by atoms with Gasteiger partial charge in [-0.15, -0.1) is 0 Å². The van der Waals surface area contributed by atoms with E-state index in [9.17, 15) is 14.4 Å². The third-order valence-electron chi connectivity index (χ3n) is 4.90. The van der Waals surface area contributed by atoms with Crippen molar-refractivity contribution in [3.05, 3.63) is 64.4 Å². The molecule has 3 aromatic rings. The fraction of sp³-hybridized carbons (Fsp3) is 0.273. The number of carbonyl (C=O) groups is 2. The minimum Gasteiger partial charge on any atom is -0.325 e. The lowest BCUT2D eigenvalue weighted by atomic mass is 10.1. The summed E-state index contributed by atoms with van der Waals surface area (Å²) in [6.07, 6.45) is 1.91. The molecule has 0 aliphatic heterocycles. The number of aromatic nitrogens is 2. The Morgan fingerprint density at radius 3 is 2.48 bits per heavy atom. The first-order valence-corrected chi connectivity index (χ1v) is 10.4. The Morgan fingerprint density at radius 2 is 1.83 bits per heavy atom. The number of carbonyl (C=O) groups excluding carboxylic acids is 2. The molecule has 148 valence electrons. The monoisotopic (exact) mass is 407 g/mol. The summed E-state index contributed by atoms with van der Waals surface area (Å²) in [6, 6.07) is 14.3. The zero-order valence-corrected chi connectivity index (χ0v) is 17.0. The highest BCUT2D eigenvalue weighted by Gasteiger charge is 2.30. The maximum absolute atomic E-state index is 12.9. The van der Waals surface area contributed by atoms with Crippen molar-refractivity contribution in [3.63, 3.8) is 0 Å². The molecule has 0 radical (unpaired) electrons. The summed E-state index contributed by atoms with van der Waals surface area (Å²) >= 11 is 1.29. The van der Waals surface area contributed by atoms with E-state index in [0.717, 1.165) is 12.8 Å². The van der Waals surface area contributed by atoms with Gasteiger partial charge in [0.2, 0.25) is 5.91 Å². The Morgan fingerprint density at radius 1 is 1.14 bits per heavy atom. The van der Waals surface area contributed by atoms with Crippen LogP contribution in [0.2, 0.25) is 0 Å². The first kappa shape index (κ1) is 19.4. The van der Waals surface area contributed by atoms with Crippen LogP contribution in [-0.2, 0) is 4.79 Å². The van der Waals surface area contributed by atoms with Gasteiger partial charge in [0.1, 0.15) is 0 Å². The number of benzene rings is 2. The number of thioether (sulfide) groups is 1. The van der Waals surface area contributed by atoms with E-state index in [1.54, 1.807) is 41.8 Å². The summed E-state index contributed by atoms with van der Waals surface area (Å²) < 4.78 is 1.73. The van der Waals surface area contributed by atoms with Gasteiger partial charge in [0.15, 0.2) is 10.9 Å². The Balaban J connectivity index is 1.56. The van der Waals surface area contributed by atoms with E-state index < -0.39 is 5.25 Å². The van der Waals surface area contributed by atoms with E-state index in [1.165, 1.54) is 18.7 Å². The van der Waals surface area contributed by atoms with Crippen molar-refractivity contribution in [2.75, 3.05) is 5.32 Å². The predicted octanol–water partition coefficient (Wildman–Crippen LogP) is 4.05. The van der Waals surface area contributed by atoms with Gasteiger partial charge in [0.05, 0.1) is 16.2 Å². The second-order valence-electron chi connectivity index (χ2n) is 7.20. The van der Waals surface area contributed by atoms with Crippen LogP contribution in [0.5, 0.6) is 0 Å². The highest BCUT2D eigenvalue weighted by Crippen LogP contribution is 2.37. The molecule has 4 rings (SSSR count). The third-order valence-corrected chi connectivity index (χ3v) is 5.96. The second-order valence-corrected chi connectivity index (χ2v) is 8.51. The van der Waals surface area contributed by atoms with Crippen LogP contribution in [0.4, 0.5) is 5.69 Å². The van der Waals surface area contributed by atoms with Crippen LogP contribution in [0.3, 0.4) is 0 Å². The molecular formula is C22H21N3O3S. The molecule has 1 atom stereocenters. The molecule has 0 bridgehead atoms. The molecule has 1 N–H and O–H groups in total. The lowest BCUT2D eigenvalue weighted by Crippen LogP contribution is -2.26. The fourth-order valence-corrected chi connectivity index (χ4v) is 4.09. The van der Waals surface area contributed by atoms with Crippen LogP contribution in [0.1, 0.15) is 43.1 Å². The van der Waals surface area contributed by atoms with Crippen LogP contribution in [0.15, 0.2) is 58.5 Å². The molecule has 7 heteroatoms. The largest absolute Gasteiger partial charge is 0.325 e. The number of hydrogen-bond acceptors (Lipinski definition) is 5. The van der Waals surface area contributed by atoms with E-state index >= 15 is 0 Å². The van der Waals surface area contributed by atoms with Crippen molar-refractivity contribution in [1.29, 1.82) is 0 Å². The van der Waals surface area contributed by atoms with Crippen molar-refractivity contribution >= 4 is 40.0 Å². The molecule has 1 aliphatic rings. The number of amides is 1. The van der Waals surface area contributed by atoms with E-state index in [0.29, 0.717) is 27.3 Å². The van der Waals surface area contributed by atoms with Crippen molar-refractivity contribution in [3.8, 4) is 0 Å². The molecular weight excluding hydrogens is 386 g/mol. The van der Waals surface area contributed by atoms with E-state index in [-0.39, 0.29) is 23.3 Å². The first-order valence-electron chi connectivity index (χ1n) is 9.54. The normalized spacial score (nSPS) is 14.6. The predicted molar refractivity (Wildman–Crippen MR) is 115 cm³/mol. The van der Waals surface area contributed by atoms with Gasteiger partial charge in [-0.1, -0.05) is 23.9 Å². The van der Waals surface area contributed by atoms with Gasteiger partial charge in [-0.05, 0) is 63.1 Å². The number of para-hydroxylation sites is 1. The van der Waals surface area contributed by atoms with Crippen molar-refractivity contribution in [2.45, 2.75) is 43.1 Å². The first-order chi connectivity index (χ1) is 13.9. The van der Waals surface area contributed by atoms with Gasteiger partial charge in [-0.2, -0.15) is 0 Å². The van der Waals surface area contributed by atoms with Crippen LogP contribution >= 0.6 is 11.8 Å². The molecule has 1 aromatic heterocycles. The number of nitrogens with one attached hydrogen (secondary N) is 1. The molecule has 1 saturated carbocycles. The van der Waals surface area contributed by atoms with Crippen LogP contribution in [-0.4, -0.2) is 26.5 Å². The molecule has 1 heterocycles. The fourth-order valence-electron chi connectivity index (χ4n) is 3.11. The second kappa shape index (κ2) is 7.83. The average molecular weight is 407 g/mol. The standard InChI is InChI=1S/C22H21N3O3S/c1-13(26)15-7-9-16(10-8-15)23-20(27)14(2)29-22-24-19-6-4-3-5-18(19)21(28)25(22)17-11-12-17/h3-10,14,17H,11-12H2,1-2H3,(H,23,27)/t14-/m1/s1. The SMILES string of the molecule is CC(=O)c1ccc(NC(=O)[C@@H](C)Sc2nc3ccccc3c(=O)n2C2CC2)cc1. The number of nitrogens with zero attached hydrogens (tertiary/aromatic N) is 2. The zero-order valence-electron chi connectivity index (χ0n) is 16.2. The van der Waals surface area contributed by atoms with Gasteiger partial charge in [0.25, 0.3) is 5.56 Å². The summed E-state index contributed by atoms with van der Waals surface area (Å²) in [5, 5.41) is 3.59. The van der Waals surface area contributed by atoms with Gasteiger partial charge in [-0.25, -0.2) is 4.98 Å². The van der Waals surface area contributed by atoms with Crippen molar-refractivity contribution in [2.24, 2.45) is 0 Å². The smallest absolute Gasteiger partial charge is 0.262 e. The highest BCUT2D eigenvalue weighted by atomic mass is 32.2. The number of rotatable bonds is 6. The molecule has 0 unspecified atom stereocenters. The molecule has 0 saturated heterocycles. The maximum atomic E-state index is 12.9. The lowest BCUT2D eigenvalue weighted by Gasteiger charge is -2.16.